The lowest BCUT2D eigenvalue weighted by Gasteiger charge is -2.02. The Morgan fingerprint density at radius 3 is 1.94 bits per heavy atom. The summed E-state index contributed by atoms with van der Waals surface area (Å²) in [6, 6.07) is 0. The average molecular weight is 244 g/mol. The molecule has 0 radical (unpaired) electrons. The van der Waals surface area contributed by atoms with Gasteiger partial charge in [-0.1, -0.05) is 0 Å². The maximum atomic E-state index is 11.3. The Bertz CT molecular complexity index is 260. The third kappa shape index (κ3) is 9.53. The molecule has 17 heavy (non-hydrogen) atoms. The van der Waals surface area contributed by atoms with E-state index in [0.29, 0.717) is 32.3 Å². The van der Waals surface area contributed by atoms with E-state index < -0.39 is 5.97 Å². The molecule has 5 nitrogen and oxygen atoms in total. The molecular weight excluding hydrogens is 224 g/mol. The third-order valence-electron chi connectivity index (χ3n) is 2.04. The number of ether oxygens (including phenoxy) is 2. The Morgan fingerprint density at radius 1 is 0.824 bits per heavy atom. The van der Waals surface area contributed by atoms with Gasteiger partial charge in [-0.25, -0.2) is 0 Å². The van der Waals surface area contributed by atoms with E-state index in [0.717, 1.165) is 0 Å². The monoisotopic (exact) mass is 244 g/mol. The normalized spacial score (nSPS) is 9.76. The van der Waals surface area contributed by atoms with Gasteiger partial charge < -0.3 is 9.47 Å². The van der Waals surface area contributed by atoms with Gasteiger partial charge in [-0.05, 0) is 26.7 Å². The van der Waals surface area contributed by atoms with Crippen molar-refractivity contribution in [3.63, 3.8) is 0 Å². The minimum absolute atomic E-state index is 0.146. The fourth-order valence-electron chi connectivity index (χ4n) is 1.29. The smallest absolute Gasteiger partial charge is 0.313 e. The molecule has 0 spiro atoms. The van der Waals surface area contributed by atoms with Crippen molar-refractivity contribution >= 4 is 17.7 Å². The van der Waals surface area contributed by atoms with E-state index >= 15 is 0 Å². The van der Waals surface area contributed by atoms with Gasteiger partial charge in [0.1, 0.15) is 12.2 Å². The number of hydrogen-bond donors (Lipinski definition) is 0. The first-order valence-corrected chi connectivity index (χ1v) is 5.93. The number of rotatable bonds is 9. The van der Waals surface area contributed by atoms with Gasteiger partial charge in [0.25, 0.3) is 0 Å². The molecule has 0 rings (SSSR count). The molecule has 0 aromatic heterocycles. The number of carbonyl (C=O) groups excluding carboxylic acids is 3. The number of ketones is 1. The highest BCUT2D eigenvalue weighted by Crippen LogP contribution is 2.04. The molecule has 0 heterocycles. The molecule has 0 saturated heterocycles. The largest absolute Gasteiger partial charge is 0.466 e. The van der Waals surface area contributed by atoms with Gasteiger partial charge in [-0.15, -0.1) is 0 Å². The molecule has 5 heteroatoms. The van der Waals surface area contributed by atoms with Crippen LogP contribution in [0.3, 0.4) is 0 Å². The molecule has 0 aliphatic heterocycles. The van der Waals surface area contributed by atoms with Crippen LogP contribution in [0.4, 0.5) is 0 Å². The molecule has 98 valence electrons. The van der Waals surface area contributed by atoms with Gasteiger partial charge in [0.2, 0.25) is 0 Å². The predicted octanol–water partition coefficient (Wildman–Crippen LogP) is 1.63. The zero-order chi connectivity index (χ0) is 13.1. The van der Waals surface area contributed by atoms with Crippen molar-refractivity contribution in [2.24, 2.45) is 0 Å². The van der Waals surface area contributed by atoms with Crippen molar-refractivity contribution in [3.8, 4) is 0 Å². The Morgan fingerprint density at radius 2 is 1.35 bits per heavy atom. The number of hydrogen-bond acceptors (Lipinski definition) is 5. The number of esters is 2. The minimum atomic E-state index is -0.483. The van der Waals surface area contributed by atoms with Crippen molar-refractivity contribution in [1.29, 1.82) is 0 Å². The van der Waals surface area contributed by atoms with Crippen LogP contribution in [-0.2, 0) is 23.9 Å². The second kappa shape index (κ2) is 9.81. The maximum absolute atomic E-state index is 11.3. The lowest BCUT2D eigenvalue weighted by molar-refractivity contribution is -0.146. The lowest BCUT2D eigenvalue weighted by atomic mass is 10.1. The zero-order valence-corrected chi connectivity index (χ0v) is 10.5. The van der Waals surface area contributed by atoms with Crippen LogP contribution in [0, 0.1) is 0 Å². The molecule has 0 N–H and O–H groups in total. The van der Waals surface area contributed by atoms with E-state index in [1.165, 1.54) is 0 Å². The Kier molecular flexibility index (Phi) is 9.01. The molecule has 0 fully saturated rings. The lowest BCUT2D eigenvalue weighted by Crippen LogP contribution is -2.11. The van der Waals surface area contributed by atoms with E-state index in [9.17, 15) is 14.4 Å². The molecule has 0 aliphatic carbocycles. The number of unbranched alkanes of at least 4 members (excludes halogenated alkanes) is 1. The van der Waals surface area contributed by atoms with E-state index in [1.54, 1.807) is 13.8 Å². The Balaban J connectivity index is 3.51. The molecule has 0 bridgehead atoms. The van der Waals surface area contributed by atoms with E-state index in [2.05, 4.69) is 4.74 Å². The highest BCUT2D eigenvalue weighted by Gasteiger charge is 2.10. The van der Waals surface area contributed by atoms with Crippen molar-refractivity contribution in [2.75, 3.05) is 13.2 Å². The first-order chi connectivity index (χ1) is 8.10. The van der Waals surface area contributed by atoms with Crippen LogP contribution >= 0.6 is 0 Å². The first kappa shape index (κ1) is 15.6. The fourth-order valence-corrected chi connectivity index (χ4v) is 1.29. The summed E-state index contributed by atoms with van der Waals surface area (Å²) in [5.41, 5.74) is 0. The van der Waals surface area contributed by atoms with Crippen molar-refractivity contribution in [2.45, 2.75) is 46.0 Å². The summed E-state index contributed by atoms with van der Waals surface area (Å²) < 4.78 is 9.40. The highest BCUT2D eigenvalue weighted by atomic mass is 16.5. The SMILES string of the molecule is CCOC(=O)CCCCC(=O)CC(=O)OCC. The second-order valence-corrected chi connectivity index (χ2v) is 3.53. The molecule has 0 aliphatic rings. The standard InChI is InChI=1S/C12H20O5/c1-3-16-11(14)8-6-5-7-10(13)9-12(15)17-4-2/h3-9H2,1-2H3. The summed E-state index contributed by atoms with van der Waals surface area (Å²) in [5.74, 6) is -0.874. The predicted molar refractivity (Wildman–Crippen MR) is 61.4 cm³/mol. The summed E-state index contributed by atoms with van der Waals surface area (Å²) in [6.07, 6.45) is 1.65. The van der Waals surface area contributed by atoms with Crippen molar-refractivity contribution in [1.82, 2.24) is 0 Å². The van der Waals surface area contributed by atoms with E-state index in [-0.39, 0.29) is 24.8 Å². The first-order valence-electron chi connectivity index (χ1n) is 5.93. The minimum Gasteiger partial charge on any atom is -0.466 e. The van der Waals surface area contributed by atoms with Gasteiger partial charge >= 0.3 is 11.9 Å². The number of carbonyl (C=O) groups is 3. The fraction of sp³-hybridized carbons (Fsp3) is 0.750. The van der Waals surface area contributed by atoms with Crippen LogP contribution in [-0.4, -0.2) is 30.9 Å². The maximum Gasteiger partial charge on any atom is 0.313 e. The van der Waals surface area contributed by atoms with Crippen molar-refractivity contribution in [3.05, 3.63) is 0 Å². The van der Waals surface area contributed by atoms with Crippen LogP contribution in [0.5, 0.6) is 0 Å². The highest BCUT2D eigenvalue weighted by molar-refractivity contribution is 5.95. The van der Waals surface area contributed by atoms with Crippen LogP contribution in [0.25, 0.3) is 0 Å². The third-order valence-corrected chi connectivity index (χ3v) is 2.04. The van der Waals surface area contributed by atoms with Gasteiger partial charge in [-0.2, -0.15) is 0 Å². The van der Waals surface area contributed by atoms with E-state index in [1.807, 2.05) is 0 Å². The molecule has 0 aromatic rings. The molecule has 0 atom stereocenters. The van der Waals surface area contributed by atoms with Crippen LogP contribution in [0.15, 0.2) is 0 Å². The van der Waals surface area contributed by atoms with Gasteiger partial charge in [-0.3, -0.25) is 14.4 Å². The van der Waals surface area contributed by atoms with Gasteiger partial charge in [0, 0.05) is 12.8 Å². The summed E-state index contributed by atoms with van der Waals surface area (Å²) in [7, 11) is 0. The summed E-state index contributed by atoms with van der Waals surface area (Å²) in [4.78, 5) is 33.2. The van der Waals surface area contributed by atoms with Crippen LogP contribution in [0.1, 0.15) is 46.0 Å². The van der Waals surface area contributed by atoms with Crippen LogP contribution < -0.4 is 0 Å². The topological polar surface area (TPSA) is 69.7 Å². The molecule has 0 amide bonds. The Labute approximate surface area is 101 Å². The molecule has 0 aromatic carbocycles. The van der Waals surface area contributed by atoms with Crippen LogP contribution in [0.2, 0.25) is 0 Å². The average Bonchev–Trinajstić information content (AvgIpc) is 2.25. The zero-order valence-electron chi connectivity index (χ0n) is 10.5. The molecule has 0 unspecified atom stereocenters. The summed E-state index contributed by atoms with van der Waals surface area (Å²) in [5, 5.41) is 0. The van der Waals surface area contributed by atoms with Crippen molar-refractivity contribution < 1.29 is 23.9 Å². The van der Waals surface area contributed by atoms with Gasteiger partial charge in [0.05, 0.1) is 13.2 Å². The molecule has 0 saturated carbocycles. The summed E-state index contributed by atoms with van der Waals surface area (Å²) in [6.45, 7) is 4.11. The number of Topliss-reactive ketones (excluding diaryl/α,β-unsaturated/α-hetero) is 1. The molecular formula is C12H20O5. The quantitative estimate of drug-likeness (QED) is 0.350. The second-order valence-electron chi connectivity index (χ2n) is 3.53. The van der Waals surface area contributed by atoms with Gasteiger partial charge in [0.15, 0.2) is 0 Å². The Hall–Kier alpha value is -1.39. The van der Waals surface area contributed by atoms with E-state index in [4.69, 9.17) is 4.74 Å². The summed E-state index contributed by atoms with van der Waals surface area (Å²) >= 11 is 0.